The number of fused-ring (bicyclic) bond motifs is 1. The maximum absolute atomic E-state index is 12.3. The van der Waals surface area contributed by atoms with Crippen LogP contribution >= 0.6 is 0 Å². The fourth-order valence-corrected chi connectivity index (χ4v) is 4.53. The van der Waals surface area contributed by atoms with Crippen LogP contribution in [0.25, 0.3) is 0 Å². The lowest BCUT2D eigenvalue weighted by molar-refractivity contribution is -0.148. The minimum absolute atomic E-state index is 0.000775. The van der Waals surface area contributed by atoms with Crippen molar-refractivity contribution in [2.24, 2.45) is 0 Å². The number of amides is 1. The van der Waals surface area contributed by atoms with E-state index in [0.717, 1.165) is 54.9 Å². The molecule has 1 aliphatic carbocycles. The first-order valence-corrected chi connectivity index (χ1v) is 10.8. The van der Waals surface area contributed by atoms with Gasteiger partial charge in [0.15, 0.2) is 0 Å². The molecule has 1 aromatic carbocycles. The summed E-state index contributed by atoms with van der Waals surface area (Å²) in [6.07, 6.45) is 8.48. The van der Waals surface area contributed by atoms with Gasteiger partial charge in [0.05, 0.1) is 6.42 Å². The number of hydrogen-bond acceptors (Lipinski definition) is 7. The highest BCUT2D eigenvalue weighted by molar-refractivity contribution is 5.67. The molecular formula is C23H26N4O4. The van der Waals surface area contributed by atoms with Crippen LogP contribution in [0.15, 0.2) is 49.2 Å². The number of alkyl carbamates (subject to hydrolysis) is 1. The minimum atomic E-state index is -0.638. The van der Waals surface area contributed by atoms with Crippen LogP contribution in [0, 0.1) is 0 Å². The van der Waals surface area contributed by atoms with Crippen molar-refractivity contribution in [2.75, 3.05) is 18.0 Å². The van der Waals surface area contributed by atoms with Crippen LogP contribution in [0.1, 0.15) is 36.1 Å². The second-order valence-electron chi connectivity index (χ2n) is 8.21. The molecule has 3 heterocycles. The van der Waals surface area contributed by atoms with E-state index in [9.17, 15) is 4.79 Å². The Morgan fingerprint density at radius 1 is 1.23 bits per heavy atom. The minimum Gasteiger partial charge on any atom is -0.456 e. The van der Waals surface area contributed by atoms with E-state index >= 15 is 0 Å². The SMILES string of the molecule is O=C(N[C@@H]1CCCN(c2ncnc3c2CC2(CC3)OC=CO2)C1)OCc1ccccc1. The number of carbonyl (C=O) groups excluding carboxylic acids is 1. The summed E-state index contributed by atoms with van der Waals surface area (Å²) < 4.78 is 16.9. The molecular weight excluding hydrogens is 396 g/mol. The van der Waals surface area contributed by atoms with Gasteiger partial charge >= 0.3 is 6.09 Å². The molecule has 1 fully saturated rings. The summed E-state index contributed by atoms with van der Waals surface area (Å²) in [6, 6.07) is 9.68. The molecule has 5 rings (SSSR count). The molecule has 0 radical (unpaired) electrons. The zero-order chi connectivity index (χ0) is 21.1. The number of nitrogens with zero attached hydrogens (tertiary/aromatic N) is 3. The van der Waals surface area contributed by atoms with E-state index in [1.165, 1.54) is 0 Å². The lowest BCUT2D eigenvalue weighted by Gasteiger charge is -2.38. The first kappa shape index (κ1) is 19.7. The van der Waals surface area contributed by atoms with Crippen molar-refractivity contribution in [3.05, 3.63) is 66.0 Å². The van der Waals surface area contributed by atoms with Crippen LogP contribution in [0.2, 0.25) is 0 Å². The third-order valence-electron chi connectivity index (χ3n) is 6.08. The van der Waals surface area contributed by atoms with Gasteiger partial charge in [-0.15, -0.1) is 0 Å². The third kappa shape index (κ3) is 4.28. The van der Waals surface area contributed by atoms with Gasteiger partial charge in [0, 0.05) is 36.8 Å². The summed E-state index contributed by atoms with van der Waals surface area (Å²) in [5, 5.41) is 3.01. The zero-order valence-corrected chi connectivity index (χ0v) is 17.3. The molecule has 2 aliphatic heterocycles. The van der Waals surface area contributed by atoms with Crippen LogP contribution in [0.4, 0.5) is 10.6 Å². The second-order valence-corrected chi connectivity index (χ2v) is 8.21. The van der Waals surface area contributed by atoms with E-state index < -0.39 is 11.9 Å². The quantitative estimate of drug-likeness (QED) is 0.810. The molecule has 1 aromatic heterocycles. The molecule has 0 saturated carbocycles. The number of nitrogens with one attached hydrogen (secondary N) is 1. The highest BCUT2D eigenvalue weighted by atomic mass is 16.7. The van der Waals surface area contributed by atoms with Gasteiger partial charge in [-0.25, -0.2) is 14.8 Å². The van der Waals surface area contributed by atoms with Crippen LogP contribution in [0.5, 0.6) is 0 Å². The van der Waals surface area contributed by atoms with Crippen LogP contribution in [0.3, 0.4) is 0 Å². The maximum Gasteiger partial charge on any atom is 0.407 e. The normalized spacial score (nSPS) is 21.2. The zero-order valence-electron chi connectivity index (χ0n) is 17.3. The van der Waals surface area contributed by atoms with E-state index in [1.54, 1.807) is 18.9 Å². The fraction of sp³-hybridized carbons (Fsp3) is 0.435. The molecule has 0 unspecified atom stereocenters. The Morgan fingerprint density at radius 3 is 2.90 bits per heavy atom. The Labute approximate surface area is 181 Å². The number of carbonyl (C=O) groups is 1. The smallest absolute Gasteiger partial charge is 0.407 e. The average molecular weight is 422 g/mol. The molecule has 8 heteroatoms. The molecule has 8 nitrogen and oxygen atoms in total. The number of aryl methyl sites for hydroxylation is 1. The molecule has 1 atom stereocenters. The first-order valence-electron chi connectivity index (χ1n) is 10.8. The molecule has 0 bridgehead atoms. The Hall–Kier alpha value is -3.29. The molecule has 3 aliphatic rings. The Kier molecular flexibility index (Phi) is 5.36. The topological polar surface area (TPSA) is 85.8 Å². The predicted molar refractivity (Wildman–Crippen MR) is 113 cm³/mol. The van der Waals surface area contributed by atoms with Crippen molar-refractivity contribution in [3.8, 4) is 0 Å². The van der Waals surface area contributed by atoms with Crippen LogP contribution in [-0.4, -0.2) is 41.0 Å². The van der Waals surface area contributed by atoms with Crippen molar-refractivity contribution in [2.45, 2.75) is 50.5 Å². The summed E-state index contributed by atoms with van der Waals surface area (Å²) in [7, 11) is 0. The Morgan fingerprint density at radius 2 is 2.06 bits per heavy atom. The lowest BCUT2D eigenvalue weighted by atomic mass is 9.90. The number of ether oxygens (including phenoxy) is 3. The van der Waals surface area contributed by atoms with Gasteiger partial charge in [0.1, 0.15) is 31.3 Å². The number of aromatic nitrogens is 2. The molecule has 162 valence electrons. The van der Waals surface area contributed by atoms with Gasteiger partial charge < -0.3 is 24.4 Å². The summed E-state index contributed by atoms with van der Waals surface area (Å²) >= 11 is 0. The third-order valence-corrected chi connectivity index (χ3v) is 6.08. The van der Waals surface area contributed by atoms with Crippen molar-refractivity contribution in [1.82, 2.24) is 15.3 Å². The van der Waals surface area contributed by atoms with Gasteiger partial charge in [-0.1, -0.05) is 30.3 Å². The van der Waals surface area contributed by atoms with Crippen molar-refractivity contribution < 1.29 is 19.0 Å². The summed E-state index contributed by atoms with van der Waals surface area (Å²) in [5.74, 6) is 0.272. The Balaban J connectivity index is 1.23. The molecule has 1 amide bonds. The monoisotopic (exact) mass is 422 g/mol. The van der Waals surface area contributed by atoms with Crippen LogP contribution < -0.4 is 10.2 Å². The highest BCUT2D eigenvalue weighted by Gasteiger charge is 2.42. The van der Waals surface area contributed by atoms with E-state index in [0.29, 0.717) is 13.0 Å². The number of piperidine rings is 1. The largest absolute Gasteiger partial charge is 0.456 e. The molecule has 1 N–H and O–H groups in total. The number of anilines is 1. The first-order chi connectivity index (χ1) is 15.2. The molecule has 2 aromatic rings. The standard InChI is InChI=1S/C23H26N4O4/c28-22(29-15-17-5-2-1-3-6-17)26-18-7-4-10-27(14-18)21-19-13-23(30-11-12-31-23)9-8-20(19)24-16-25-21/h1-3,5-6,11-12,16,18H,4,7-10,13-15H2,(H,26,28)/t18-/m1/s1. The van der Waals surface area contributed by atoms with E-state index in [2.05, 4.69) is 20.2 Å². The van der Waals surface area contributed by atoms with E-state index in [-0.39, 0.29) is 12.6 Å². The molecule has 31 heavy (non-hydrogen) atoms. The van der Waals surface area contributed by atoms with Crippen molar-refractivity contribution in [1.29, 1.82) is 0 Å². The molecule has 1 spiro atoms. The predicted octanol–water partition coefficient (Wildman–Crippen LogP) is 3.07. The van der Waals surface area contributed by atoms with Gasteiger partial charge in [0.25, 0.3) is 5.79 Å². The second kappa shape index (κ2) is 8.45. The van der Waals surface area contributed by atoms with Crippen molar-refractivity contribution in [3.63, 3.8) is 0 Å². The lowest BCUT2D eigenvalue weighted by Crippen LogP contribution is -2.49. The van der Waals surface area contributed by atoms with E-state index in [4.69, 9.17) is 14.2 Å². The summed E-state index contributed by atoms with van der Waals surface area (Å²) in [4.78, 5) is 23.6. The maximum atomic E-state index is 12.3. The van der Waals surface area contributed by atoms with Gasteiger partial charge in [0.2, 0.25) is 0 Å². The number of hydrogen-bond donors (Lipinski definition) is 1. The number of benzene rings is 1. The average Bonchev–Trinajstić information content (AvgIpc) is 3.26. The van der Waals surface area contributed by atoms with Gasteiger partial charge in [-0.2, -0.15) is 0 Å². The van der Waals surface area contributed by atoms with E-state index in [1.807, 2.05) is 30.3 Å². The van der Waals surface area contributed by atoms with Gasteiger partial charge in [-0.05, 0) is 24.8 Å². The fourth-order valence-electron chi connectivity index (χ4n) is 4.53. The highest BCUT2D eigenvalue weighted by Crippen LogP contribution is 2.38. The van der Waals surface area contributed by atoms with Crippen LogP contribution in [-0.2, 0) is 33.7 Å². The summed E-state index contributed by atoms with van der Waals surface area (Å²) in [6.45, 7) is 1.82. The van der Waals surface area contributed by atoms with Gasteiger partial charge in [-0.3, -0.25) is 0 Å². The van der Waals surface area contributed by atoms with Crippen molar-refractivity contribution >= 4 is 11.9 Å². The Bertz CT molecular complexity index is 957. The number of rotatable bonds is 4. The summed E-state index contributed by atoms with van der Waals surface area (Å²) in [5.41, 5.74) is 3.09. The molecule has 1 saturated heterocycles.